The van der Waals surface area contributed by atoms with Gasteiger partial charge in [-0.1, -0.05) is 18.2 Å². The van der Waals surface area contributed by atoms with Crippen LogP contribution in [0.3, 0.4) is 0 Å². The molecule has 0 unspecified atom stereocenters. The van der Waals surface area contributed by atoms with E-state index in [0.29, 0.717) is 13.0 Å². The number of para-hydroxylation sites is 1. The molecule has 0 radical (unpaired) electrons. The minimum atomic E-state index is -0.260. The minimum absolute atomic E-state index is 0.0737. The predicted molar refractivity (Wildman–Crippen MR) is 77.6 cm³/mol. The molecule has 1 aromatic carbocycles. The smallest absolute Gasteiger partial charge is 0.306 e. The van der Waals surface area contributed by atoms with Gasteiger partial charge >= 0.3 is 5.97 Å². The number of H-pyrrole nitrogens is 1. The summed E-state index contributed by atoms with van der Waals surface area (Å²) in [5.74, 6) is -0.323. The molecule has 0 aliphatic carbocycles. The number of rotatable bonds is 6. The Morgan fingerprint density at radius 1 is 1.25 bits per heavy atom. The molecule has 2 aromatic rings. The number of fused-ring (bicyclic) bond motifs is 1. The third kappa shape index (κ3) is 3.26. The van der Waals surface area contributed by atoms with Crippen LogP contribution in [-0.4, -0.2) is 23.3 Å². The Morgan fingerprint density at radius 3 is 2.70 bits per heavy atom. The van der Waals surface area contributed by atoms with E-state index in [0.717, 1.165) is 16.5 Å². The molecule has 0 saturated heterocycles. The first-order valence-corrected chi connectivity index (χ1v) is 6.83. The summed E-state index contributed by atoms with van der Waals surface area (Å²) < 4.78 is 5.00. The van der Waals surface area contributed by atoms with Crippen LogP contribution in [0.1, 0.15) is 38.2 Å². The number of aromatic amines is 1. The van der Waals surface area contributed by atoms with E-state index in [1.165, 1.54) is 0 Å². The SMILES string of the molecule is CCOC(=O)C[C@@H](CC(C)=O)c1c[nH]c2ccccc12. The van der Waals surface area contributed by atoms with Crippen molar-refractivity contribution >= 4 is 22.7 Å². The molecule has 4 heteroatoms. The molecule has 20 heavy (non-hydrogen) atoms. The zero-order valence-electron chi connectivity index (χ0n) is 11.8. The van der Waals surface area contributed by atoms with Crippen LogP contribution in [-0.2, 0) is 14.3 Å². The Morgan fingerprint density at radius 2 is 2.00 bits per heavy atom. The van der Waals surface area contributed by atoms with Gasteiger partial charge < -0.3 is 14.5 Å². The van der Waals surface area contributed by atoms with Crippen LogP contribution in [0.5, 0.6) is 0 Å². The van der Waals surface area contributed by atoms with Gasteiger partial charge in [0, 0.05) is 29.4 Å². The quantitative estimate of drug-likeness (QED) is 0.822. The molecule has 4 nitrogen and oxygen atoms in total. The maximum Gasteiger partial charge on any atom is 0.306 e. The maximum atomic E-state index is 11.7. The summed E-state index contributed by atoms with van der Waals surface area (Å²) in [6.07, 6.45) is 2.47. The summed E-state index contributed by atoms with van der Waals surface area (Å²) in [7, 11) is 0. The summed E-state index contributed by atoms with van der Waals surface area (Å²) in [5, 5.41) is 1.06. The molecule has 106 valence electrons. The Labute approximate surface area is 118 Å². The number of Topliss-reactive ketones (excluding diaryl/α,β-unsaturated/α-hetero) is 1. The van der Waals surface area contributed by atoms with Crippen molar-refractivity contribution in [2.45, 2.75) is 32.6 Å². The molecule has 0 fully saturated rings. The Hall–Kier alpha value is -2.10. The summed E-state index contributed by atoms with van der Waals surface area (Å²) in [6.45, 7) is 3.69. The largest absolute Gasteiger partial charge is 0.466 e. The van der Waals surface area contributed by atoms with Crippen molar-refractivity contribution in [3.8, 4) is 0 Å². The lowest BCUT2D eigenvalue weighted by molar-refractivity contribution is -0.143. The maximum absolute atomic E-state index is 11.7. The molecule has 0 aliphatic heterocycles. The molecular formula is C16H19NO3. The van der Waals surface area contributed by atoms with E-state index in [2.05, 4.69) is 4.98 Å². The minimum Gasteiger partial charge on any atom is -0.466 e. The number of aromatic nitrogens is 1. The van der Waals surface area contributed by atoms with Crippen molar-refractivity contribution in [3.63, 3.8) is 0 Å². The number of carbonyl (C=O) groups is 2. The van der Waals surface area contributed by atoms with Gasteiger partial charge in [0.05, 0.1) is 13.0 Å². The van der Waals surface area contributed by atoms with E-state index in [-0.39, 0.29) is 24.1 Å². The normalized spacial score (nSPS) is 12.3. The standard InChI is InChI=1S/C16H19NO3/c1-3-20-16(19)9-12(8-11(2)18)14-10-17-15-7-5-4-6-13(14)15/h4-7,10,12,17H,3,8-9H2,1-2H3/t12-/m1/s1. The van der Waals surface area contributed by atoms with E-state index < -0.39 is 0 Å². The van der Waals surface area contributed by atoms with Crippen LogP contribution >= 0.6 is 0 Å². The highest BCUT2D eigenvalue weighted by Crippen LogP contribution is 2.30. The van der Waals surface area contributed by atoms with Gasteiger partial charge in [-0.05, 0) is 25.5 Å². The number of hydrogen-bond donors (Lipinski definition) is 1. The van der Waals surface area contributed by atoms with Gasteiger partial charge in [-0.25, -0.2) is 0 Å². The first kappa shape index (κ1) is 14.3. The van der Waals surface area contributed by atoms with Crippen LogP contribution in [0.2, 0.25) is 0 Å². The number of ether oxygens (including phenoxy) is 1. The number of nitrogens with one attached hydrogen (secondary N) is 1. The van der Waals surface area contributed by atoms with Crippen molar-refractivity contribution in [2.75, 3.05) is 6.61 Å². The molecule has 1 atom stereocenters. The third-order valence-electron chi connectivity index (χ3n) is 3.31. The summed E-state index contributed by atoms with van der Waals surface area (Å²) >= 11 is 0. The lowest BCUT2D eigenvalue weighted by Gasteiger charge is -2.14. The van der Waals surface area contributed by atoms with Gasteiger partial charge in [-0.15, -0.1) is 0 Å². The lowest BCUT2D eigenvalue weighted by atomic mass is 9.91. The van der Waals surface area contributed by atoms with Crippen LogP contribution in [0.4, 0.5) is 0 Å². The molecule has 0 amide bonds. The molecule has 0 spiro atoms. The topological polar surface area (TPSA) is 59.2 Å². The van der Waals surface area contributed by atoms with E-state index in [1.54, 1.807) is 13.8 Å². The molecule has 0 aliphatic rings. The second kappa shape index (κ2) is 6.37. The van der Waals surface area contributed by atoms with Gasteiger partial charge in [0.2, 0.25) is 0 Å². The van der Waals surface area contributed by atoms with Crippen molar-refractivity contribution in [1.29, 1.82) is 0 Å². The first-order valence-electron chi connectivity index (χ1n) is 6.83. The van der Waals surface area contributed by atoms with Crippen LogP contribution < -0.4 is 0 Å². The number of esters is 1. The fraction of sp³-hybridized carbons (Fsp3) is 0.375. The van der Waals surface area contributed by atoms with Crippen LogP contribution in [0, 0.1) is 0 Å². The van der Waals surface area contributed by atoms with Crippen molar-refractivity contribution in [3.05, 3.63) is 36.0 Å². The molecule has 1 N–H and O–H groups in total. The van der Waals surface area contributed by atoms with Gasteiger partial charge in [-0.3, -0.25) is 4.79 Å². The fourth-order valence-electron chi connectivity index (χ4n) is 2.49. The summed E-state index contributed by atoms with van der Waals surface area (Å²) in [5.41, 5.74) is 2.02. The fourth-order valence-corrected chi connectivity index (χ4v) is 2.49. The average molecular weight is 273 g/mol. The molecule has 1 aromatic heterocycles. The van der Waals surface area contributed by atoms with Crippen LogP contribution in [0.15, 0.2) is 30.5 Å². The molecule has 0 bridgehead atoms. The van der Waals surface area contributed by atoms with E-state index in [1.807, 2.05) is 30.5 Å². The second-order valence-electron chi connectivity index (χ2n) is 4.90. The molecule has 0 saturated carbocycles. The van der Waals surface area contributed by atoms with E-state index in [9.17, 15) is 9.59 Å². The van der Waals surface area contributed by atoms with Crippen molar-refractivity contribution in [2.24, 2.45) is 0 Å². The van der Waals surface area contributed by atoms with Gasteiger partial charge in [0.25, 0.3) is 0 Å². The number of carbonyl (C=O) groups excluding carboxylic acids is 2. The molecule has 2 rings (SSSR count). The monoisotopic (exact) mass is 273 g/mol. The summed E-state index contributed by atoms with van der Waals surface area (Å²) in [6, 6.07) is 7.89. The number of ketones is 1. The number of benzene rings is 1. The Balaban J connectivity index is 2.30. The van der Waals surface area contributed by atoms with Gasteiger partial charge in [0.15, 0.2) is 0 Å². The highest BCUT2D eigenvalue weighted by atomic mass is 16.5. The van der Waals surface area contributed by atoms with E-state index in [4.69, 9.17) is 4.74 Å². The van der Waals surface area contributed by atoms with Gasteiger partial charge in [-0.2, -0.15) is 0 Å². The van der Waals surface area contributed by atoms with Gasteiger partial charge in [0.1, 0.15) is 5.78 Å². The van der Waals surface area contributed by atoms with Crippen molar-refractivity contribution < 1.29 is 14.3 Å². The van der Waals surface area contributed by atoms with Crippen LogP contribution in [0.25, 0.3) is 10.9 Å². The molecular weight excluding hydrogens is 254 g/mol. The van der Waals surface area contributed by atoms with E-state index >= 15 is 0 Å². The third-order valence-corrected chi connectivity index (χ3v) is 3.31. The highest BCUT2D eigenvalue weighted by Gasteiger charge is 2.21. The zero-order valence-corrected chi connectivity index (χ0v) is 11.8. The predicted octanol–water partition coefficient (Wildman–Crippen LogP) is 3.18. The lowest BCUT2D eigenvalue weighted by Crippen LogP contribution is -2.12. The van der Waals surface area contributed by atoms with Crippen molar-refractivity contribution in [1.82, 2.24) is 4.98 Å². The Bertz CT molecular complexity index is 615. The summed E-state index contributed by atoms with van der Waals surface area (Å²) in [4.78, 5) is 26.4. The Kier molecular flexibility index (Phi) is 4.56. The number of hydrogen-bond acceptors (Lipinski definition) is 3. The first-order chi connectivity index (χ1) is 9.61. The second-order valence-corrected chi connectivity index (χ2v) is 4.90. The highest BCUT2D eigenvalue weighted by molar-refractivity contribution is 5.86. The zero-order chi connectivity index (χ0) is 14.5. The average Bonchev–Trinajstić information content (AvgIpc) is 2.81. The molecule has 1 heterocycles.